The van der Waals surface area contributed by atoms with E-state index in [-0.39, 0.29) is 22.7 Å². The molecule has 0 aliphatic carbocycles. The number of nitrogens with one attached hydrogen (secondary N) is 1. The number of hydrogen-bond donors (Lipinski definition) is 3. The Balaban J connectivity index is 1.78. The van der Waals surface area contributed by atoms with E-state index in [0.29, 0.717) is 27.0 Å². The number of aromatic nitrogens is 2. The molecular formula is C20H16N4O5S. The molecule has 10 heteroatoms. The molecule has 3 aromatic carbocycles. The van der Waals surface area contributed by atoms with E-state index in [2.05, 4.69) is 24.7 Å². The molecule has 0 radical (unpaired) electrons. The van der Waals surface area contributed by atoms with Crippen LogP contribution in [0, 0.1) is 6.92 Å². The third-order valence-electron chi connectivity index (χ3n) is 4.42. The quantitative estimate of drug-likeness (QED) is 0.170. The minimum absolute atomic E-state index is 0.137. The highest BCUT2D eigenvalue weighted by Crippen LogP contribution is 2.41. The summed E-state index contributed by atoms with van der Waals surface area (Å²) in [7, 11) is 0. The van der Waals surface area contributed by atoms with E-state index in [9.17, 15) is 9.90 Å². The maximum absolute atomic E-state index is 12.8. The SMILES string of the molecule is Cc1[nH]n(-c2ccccc2)c(=O)c1N=Nc1c(O)cc(SOOO)c2ccccc12. The Kier molecular flexibility index (Phi) is 5.63. The number of fused-ring (bicyclic) bond motifs is 1. The van der Waals surface area contributed by atoms with Crippen molar-refractivity contribution >= 4 is 34.2 Å². The van der Waals surface area contributed by atoms with Crippen LogP contribution in [0.1, 0.15) is 5.69 Å². The Morgan fingerprint density at radius 3 is 2.40 bits per heavy atom. The Hall–Kier alpha value is -3.44. The molecule has 9 nitrogen and oxygen atoms in total. The van der Waals surface area contributed by atoms with Gasteiger partial charge in [0.05, 0.1) is 28.3 Å². The summed E-state index contributed by atoms with van der Waals surface area (Å²) in [5.41, 5.74) is 1.20. The highest BCUT2D eigenvalue weighted by Gasteiger charge is 2.15. The van der Waals surface area contributed by atoms with Crippen LogP contribution in [0.25, 0.3) is 16.5 Å². The summed E-state index contributed by atoms with van der Waals surface area (Å²) in [6.07, 6.45) is 0. The lowest BCUT2D eigenvalue weighted by Gasteiger charge is -2.08. The smallest absolute Gasteiger partial charge is 0.299 e. The second kappa shape index (κ2) is 8.51. The lowest BCUT2D eigenvalue weighted by Crippen LogP contribution is -2.13. The highest BCUT2D eigenvalue weighted by atomic mass is 32.2. The summed E-state index contributed by atoms with van der Waals surface area (Å²) in [5.74, 6) is -0.168. The molecular weight excluding hydrogens is 408 g/mol. The molecule has 0 atom stereocenters. The van der Waals surface area contributed by atoms with E-state index in [0.717, 1.165) is 12.0 Å². The molecule has 4 rings (SSSR count). The number of para-hydroxylation sites is 1. The molecule has 0 saturated carbocycles. The van der Waals surface area contributed by atoms with E-state index in [1.54, 1.807) is 43.3 Å². The van der Waals surface area contributed by atoms with Gasteiger partial charge in [-0.1, -0.05) is 47.5 Å². The number of rotatable bonds is 6. The van der Waals surface area contributed by atoms with Gasteiger partial charge in [-0.25, -0.2) is 9.94 Å². The summed E-state index contributed by atoms with van der Waals surface area (Å²) >= 11 is 0.730. The fraction of sp³-hybridized carbons (Fsp3) is 0.0500. The molecule has 0 aliphatic heterocycles. The molecule has 1 heterocycles. The molecule has 0 amide bonds. The van der Waals surface area contributed by atoms with Crippen LogP contribution in [0.3, 0.4) is 0 Å². The summed E-state index contributed by atoms with van der Waals surface area (Å²) in [5, 5.41) is 35.0. The summed E-state index contributed by atoms with van der Waals surface area (Å²) in [6, 6.07) is 17.6. The van der Waals surface area contributed by atoms with Gasteiger partial charge in [0.1, 0.15) is 11.4 Å². The second-order valence-corrected chi connectivity index (χ2v) is 7.02. The van der Waals surface area contributed by atoms with Crippen molar-refractivity contribution in [3.05, 3.63) is 76.7 Å². The predicted molar refractivity (Wildman–Crippen MR) is 112 cm³/mol. The number of nitrogens with zero attached hydrogens (tertiary/aromatic N) is 3. The monoisotopic (exact) mass is 424 g/mol. The van der Waals surface area contributed by atoms with Crippen molar-refractivity contribution in [2.45, 2.75) is 11.8 Å². The zero-order valence-corrected chi connectivity index (χ0v) is 16.5. The minimum atomic E-state index is -0.355. The van der Waals surface area contributed by atoms with Crippen LogP contribution in [0.4, 0.5) is 11.4 Å². The first kappa shape index (κ1) is 19.9. The number of phenolic OH excluding ortho intramolecular Hbond substituents is 1. The van der Waals surface area contributed by atoms with Crippen molar-refractivity contribution in [2.75, 3.05) is 0 Å². The zero-order chi connectivity index (χ0) is 21.1. The number of aryl methyl sites for hydroxylation is 1. The van der Waals surface area contributed by atoms with Gasteiger partial charge in [-0.05, 0) is 25.1 Å². The fourth-order valence-electron chi connectivity index (χ4n) is 3.05. The van der Waals surface area contributed by atoms with Crippen LogP contribution < -0.4 is 5.56 Å². The van der Waals surface area contributed by atoms with E-state index in [4.69, 9.17) is 5.26 Å². The first-order chi connectivity index (χ1) is 14.6. The lowest BCUT2D eigenvalue weighted by molar-refractivity contribution is -0.432. The Labute approximate surface area is 174 Å². The number of phenols is 1. The Bertz CT molecular complexity index is 1280. The van der Waals surface area contributed by atoms with Crippen molar-refractivity contribution in [1.82, 2.24) is 9.78 Å². The van der Waals surface area contributed by atoms with E-state index in [1.165, 1.54) is 10.7 Å². The molecule has 0 unspecified atom stereocenters. The predicted octanol–water partition coefficient (Wildman–Crippen LogP) is 5.18. The molecule has 3 N–H and O–H groups in total. The molecule has 0 aliphatic rings. The topological polar surface area (TPSA) is 121 Å². The molecule has 30 heavy (non-hydrogen) atoms. The van der Waals surface area contributed by atoms with Crippen molar-refractivity contribution in [3.63, 3.8) is 0 Å². The summed E-state index contributed by atoms with van der Waals surface area (Å²) < 4.78 is 5.87. The van der Waals surface area contributed by atoms with Gasteiger partial charge in [0, 0.05) is 10.8 Å². The Morgan fingerprint density at radius 1 is 1.00 bits per heavy atom. The summed E-state index contributed by atoms with van der Waals surface area (Å²) in [6.45, 7) is 1.72. The van der Waals surface area contributed by atoms with Gasteiger partial charge >= 0.3 is 0 Å². The van der Waals surface area contributed by atoms with Crippen LogP contribution in [-0.4, -0.2) is 20.1 Å². The third kappa shape index (κ3) is 3.72. The number of azo groups is 1. The van der Waals surface area contributed by atoms with Gasteiger partial charge in [-0.2, -0.15) is 0 Å². The van der Waals surface area contributed by atoms with Crippen LogP contribution >= 0.6 is 12.0 Å². The Morgan fingerprint density at radius 2 is 1.67 bits per heavy atom. The number of hydrogen-bond acceptors (Lipinski definition) is 8. The molecule has 4 aromatic rings. The molecule has 0 fully saturated rings. The average molecular weight is 424 g/mol. The molecule has 0 saturated heterocycles. The number of H-pyrrole nitrogens is 1. The van der Waals surface area contributed by atoms with Gasteiger partial charge in [0.25, 0.3) is 5.56 Å². The normalized spacial score (nSPS) is 11.5. The molecule has 152 valence electrons. The largest absolute Gasteiger partial charge is 0.506 e. The second-order valence-electron chi connectivity index (χ2n) is 6.28. The van der Waals surface area contributed by atoms with Crippen LogP contribution in [0.2, 0.25) is 0 Å². The fourth-order valence-corrected chi connectivity index (χ4v) is 3.58. The standard InChI is InChI=1S/C20H16N4O5S/c1-12-18(20(26)24(23-12)13-7-3-2-4-8-13)21-22-19-15-10-6-5-9-14(15)17(11-16(19)25)30-29-28-27/h2-11,23,25,27H,1H3. The van der Waals surface area contributed by atoms with Crippen LogP contribution in [0.5, 0.6) is 5.75 Å². The summed E-state index contributed by atoms with van der Waals surface area (Å²) in [4.78, 5) is 13.3. The molecule has 0 spiro atoms. The maximum atomic E-state index is 12.8. The van der Waals surface area contributed by atoms with Crippen LogP contribution in [0.15, 0.2) is 80.6 Å². The van der Waals surface area contributed by atoms with Crippen molar-refractivity contribution in [2.24, 2.45) is 10.2 Å². The third-order valence-corrected chi connectivity index (χ3v) is 5.06. The lowest BCUT2D eigenvalue weighted by atomic mass is 10.1. The highest BCUT2D eigenvalue weighted by molar-refractivity contribution is 7.94. The minimum Gasteiger partial charge on any atom is -0.506 e. The van der Waals surface area contributed by atoms with E-state index in [1.807, 2.05) is 18.2 Å². The molecule has 0 bridgehead atoms. The van der Waals surface area contributed by atoms with Gasteiger partial charge < -0.3 is 5.11 Å². The van der Waals surface area contributed by atoms with E-state index >= 15 is 0 Å². The van der Waals surface area contributed by atoms with E-state index < -0.39 is 0 Å². The van der Waals surface area contributed by atoms with Gasteiger partial charge in [0.15, 0.2) is 5.69 Å². The number of aromatic amines is 1. The zero-order valence-electron chi connectivity index (χ0n) is 15.6. The van der Waals surface area contributed by atoms with Gasteiger partial charge in [-0.3, -0.25) is 9.89 Å². The molecule has 1 aromatic heterocycles. The first-order valence-corrected chi connectivity index (χ1v) is 9.52. The van der Waals surface area contributed by atoms with Crippen molar-refractivity contribution < 1.29 is 19.7 Å². The van der Waals surface area contributed by atoms with Gasteiger partial charge in [-0.15, -0.1) is 14.6 Å². The number of benzene rings is 3. The van der Waals surface area contributed by atoms with Crippen molar-refractivity contribution in [3.8, 4) is 11.4 Å². The van der Waals surface area contributed by atoms with Crippen LogP contribution in [-0.2, 0) is 9.37 Å². The number of aromatic hydroxyl groups is 1. The maximum Gasteiger partial charge on any atom is 0.299 e. The van der Waals surface area contributed by atoms with Crippen molar-refractivity contribution in [1.29, 1.82) is 0 Å². The first-order valence-electron chi connectivity index (χ1n) is 8.78. The average Bonchev–Trinajstić information content (AvgIpc) is 3.05. The van der Waals surface area contributed by atoms with Gasteiger partial charge in [0.2, 0.25) is 0 Å².